The SMILES string of the molecule is O=C(O)C1CNCC(N2CCCCC2)C1. The largest absolute Gasteiger partial charge is 0.481 e. The van der Waals surface area contributed by atoms with Gasteiger partial charge in [-0.1, -0.05) is 6.42 Å². The second-order valence-corrected chi connectivity index (χ2v) is 4.68. The summed E-state index contributed by atoms with van der Waals surface area (Å²) < 4.78 is 0. The van der Waals surface area contributed by atoms with E-state index in [1.807, 2.05) is 0 Å². The summed E-state index contributed by atoms with van der Waals surface area (Å²) in [6.07, 6.45) is 4.70. The molecule has 86 valence electrons. The first-order valence-corrected chi connectivity index (χ1v) is 5.95. The molecule has 2 rings (SSSR count). The Balaban J connectivity index is 1.88. The van der Waals surface area contributed by atoms with Crippen molar-refractivity contribution in [1.82, 2.24) is 10.2 Å². The summed E-state index contributed by atoms with van der Waals surface area (Å²) in [6.45, 7) is 3.90. The molecule has 0 saturated carbocycles. The van der Waals surface area contributed by atoms with Crippen LogP contribution in [0.5, 0.6) is 0 Å². The summed E-state index contributed by atoms with van der Waals surface area (Å²) in [4.78, 5) is 13.4. The lowest BCUT2D eigenvalue weighted by Gasteiger charge is -2.38. The van der Waals surface area contributed by atoms with Crippen molar-refractivity contribution in [2.75, 3.05) is 26.2 Å². The zero-order valence-corrected chi connectivity index (χ0v) is 9.11. The summed E-state index contributed by atoms with van der Waals surface area (Å²) >= 11 is 0. The molecule has 0 bridgehead atoms. The monoisotopic (exact) mass is 212 g/mol. The molecule has 2 aliphatic rings. The van der Waals surface area contributed by atoms with Gasteiger partial charge < -0.3 is 10.4 Å². The van der Waals surface area contributed by atoms with E-state index < -0.39 is 5.97 Å². The van der Waals surface area contributed by atoms with E-state index in [4.69, 9.17) is 5.11 Å². The molecule has 0 aromatic rings. The fourth-order valence-corrected chi connectivity index (χ4v) is 2.67. The lowest BCUT2D eigenvalue weighted by Crippen LogP contribution is -2.51. The van der Waals surface area contributed by atoms with Crippen LogP contribution in [0, 0.1) is 5.92 Å². The van der Waals surface area contributed by atoms with Gasteiger partial charge in [-0.05, 0) is 32.4 Å². The molecule has 2 atom stereocenters. The number of carboxylic acids is 1. The predicted octanol–water partition coefficient (Wildman–Crippen LogP) is 0.535. The fraction of sp³-hybridized carbons (Fsp3) is 0.909. The normalized spacial score (nSPS) is 33.9. The Bertz CT molecular complexity index is 227. The van der Waals surface area contributed by atoms with Crippen molar-refractivity contribution >= 4 is 5.97 Å². The van der Waals surface area contributed by atoms with Crippen LogP contribution in [-0.4, -0.2) is 48.2 Å². The van der Waals surface area contributed by atoms with E-state index in [0.717, 1.165) is 26.1 Å². The summed E-state index contributed by atoms with van der Waals surface area (Å²) in [5.74, 6) is -0.838. The van der Waals surface area contributed by atoms with Gasteiger partial charge in [0.15, 0.2) is 0 Å². The van der Waals surface area contributed by atoms with Crippen molar-refractivity contribution in [2.24, 2.45) is 5.92 Å². The Morgan fingerprint density at radius 1 is 1.20 bits per heavy atom. The van der Waals surface area contributed by atoms with E-state index in [9.17, 15) is 4.79 Å². The van der Waals surface area contributed by atoms with Crippen LogP contribution in [0.15, 0.2) is 0 Å². The molecule has 4 nitrogen and oxygen atoms in total. The van der Waals surface area contributed by atoms with Crippen LogP contribution in [0.25, 0.3) is 0 Å². The van der Waals surface area contributed by atoms with Crippen LogP contribution < -0.4 is 5.32 Å². The first kappa shape index (κ1) is 10.9. The maximum atomic E-state index is 10.9. The van der Waals surface area contributed by atoms with Crippen LogP contribution >= 0.6 is 0 Å². The highest BCUT2D eigenvalue weighted by Gasteiger charge is 2.30. The quantitative estimate of drug-likeness (QED) is 0.701. The molecule has 0 aliphatic carbocycles. The zero-order chi connectivity index (χ0) is 10.7. The van der Waals surface area contributed by atoms with Crippen LogP contribution in [0.1, 0.15) is 25.7 Å². The highest BCUT2D eigenvalue weighted by Crippen LogP contribution is 2.20. The van der Waals surface area contributed by atoms with Gasteiger partial charge in [-0.15, -0.1) is 0 Å². The Labute approximate surface area is 90.6 Å². The minimum absolute atomic E-state index is 0.189. The first-order chi connectivity index (χ1) is 7.27. The molecule has 0 aromatic carbocycles. The van der Waals surface area contributed by atoms with Crippen LogP contribution in [0.4, 0.5) is 0 Å². The molecular formula is C11H20N2O2. The minimum Gasteiger partial charge on any atom is -0.481 e. The van der Waals surface area contributed by atoms with Gasteiger partial charge in [0.1, 0.15) is 0 Å². The molecule has 15 heavy (non-hydrogen) atoms. The molecule has 0 amide bonds. The summed E-state index contributed by atoms with van der Waals surface area (Å²) in [5, 5.41) is 12.2. The molecule has 0 radical (unpaired) electrons. The second kappa shape index (κ2) is 4.94. The molecule has 4 heteroatoms. The number of nitrogens with zero attached hydrogens (tertiary/aromatic N) is 1. The average Bonchev–Trinajstić information content (AvgIpc) is 2.30. The molecular weight excluding hydrogens is 192 g/mol. The predicted molar refractivity (Wildman–Crippen MR) is 57.8 cm³/mol. The van der Waals surface area contributed by atoms with Crippen molar-refractivity contribution in [3.63, 3.8) is 0 Å². The van der Waals surface area contributed by atoms with Gasteiger partial charge in [-0.2, -0.15) is 0 Å². The highest BCUT2D eigenvalue weighted by atomic mass is 16.4. The van der Waals surface area contributed by atoms with Crippen molar-refractivity contribution in [2.45, 2.75) is 31.7 Å². The Hall–Kier alpha value is -0.610. The van der Waals surface area contributed by atoms with E-state index in [1.165, 1.54) is 19.3 Å². The number of hydrogen-bond acceptors (Lipinski definition) is 3. The third-order valence-electron chi connectivity index (χ3n) is 3.58. The Morgan fingerprint density at radius 3 is 2.60 bits per heavy atom. The fourth-order valence-electron chi connectivity index (χ4n) is 2.67. The lowest BCUT2D eigenvalue weighted by molar-refractivity contribution is -0.143. The number of piperidine rings is 2. The van der Waals surface area contributed by atoms with E-state index in [-0.39, 0.29) is 5.92 Å². The van der Waals surface area contributed by atoms with Crippen molar-refractivity contribution in [3.8, 4) is 0 Å². The maximum Gasteiger partial charge on any atom is 0.307 e. The topological polar surface area (TPSA) is 52.6 Å². The standard InChI is InChI=1S/C11H20N2O2/c14-11(15)9-6-10(8-12-7-9)13-4-2-1-3-5-13/h9-10,12H,1-8H2,(H,14,15). The van der Waals surface area contributed by atoms with E-state index in [0.29, 0.717) is 12.6 Å². The third kappa shape index (κ3) is 2.69. The highest BCUT2D eigenvalue weighted by molar-refractivity contribution is 5.70. The van der Waals surface area contributed by atoms with Gasteiger partial charge in [0.25, 0.3) is 0 Å². The molecule has 2 aliphatic heterocycles. The van der Waals surface area contributed by atoms with Crippen LogP contribution in [0.3, 0.4) is 0 Å². The van der Waals surface area contributed by atoms with Crippen LogP contribution in [-0.2, 0) is 4.79 Å². The van der Waals surface area contributed by atoms with Gasteiger partial charge in [0, 0.05) is 19.1 Å². The first-order valence-electron chi connectivity index (χ1n) is 5.95. The smallest absolute Gasteiger partial charge is 0.307 e. The van der Waals surface area contributed by atoms with Crippen LogP contribution in [0.2, 0.25) is 0 Å². The van der Waals surface area contributed by atoms with Crippen molar-refractivity contribution in [1.29, 1.82) is 0 Å². The van der Waals surface area contributed by atoms with E-state index >= 15 is 0 Å². The number of likely N-dealkylation sites (tertiary alicyclic amines) is 1. The molecule has 0 spiro atoms. The Kier molecular flexibility index (Phi) is 3.59. The van der Waals surface area contributed by atoms with Crippen molar-refractivity contribution < 1.29 is 9.90 Å². The number of nitrogens with one attached hydrogen (secondary N) is 1. The molecule has 2 heterocycles. The molecule has 2 saturated heterocycles. The van der Waals surface area contributed by atoms with E-state index in [1.54, 1.807) is 0 Å². The summed E-state index contributed by atoms with van der Waals surface area (Å²) in [5.41, 5.74) is 0. The molecule has 0 aromatic heterocycles. The lowest BCUT2D eigenvalue weighted by atomic mass is 9.93. The number of rotatable bonds is 2. The van der Waals surface area contributed by atoms with Gasteiger partial charge in [0.05, 0.1) is 5.92 Å². The molecule has 2 N–H and O–H groups in total. The van der Waals surface area contributed by atoms with Gasteiger partial charge in [-0.3, -0.25) is 9.69 Å². The minimum atomic E-state index is -0.649. The second-order valence-electron chi connectivity index (χ2n) is 4.68. The van der Waals surface area contributed by atoms with Gasteiger partial charge >= 0.3 is 5.97 Å². The van der Waals surface area contributed by atoms with Gasteiger partial charge in [-0.25, -0.2) is 0 Å². The average molecular weight is 212 g/mol. The number of carboxylic acid groups (broad SMARTS) is 1. The number of carbonyl (C=O) groups is 1. The van der Waals surface area contributed by atoms with E-state index in [2.05, 4.69) is 10.2 Å². The molecule has 2 fully saturated rings. The Morgan fingerprint density at radius 2 is 1.93 bits per heavy atom. The third-order valence-corrected chi connectivity index (χ3v) is 3.58. The molecule has 2 unspecified atom stereocenters. The zero-order valence-electron chi connectivity index (χ0n) is 9.11. The number of hydrogen-bond donors (Lipinski definition) is 2. The summed E-state index contributed by atoms with van der Waals surface area (Å²) in [7, 11) is 0. The van der Waals surface area contributed by atoms with Gasteiger partial charge in [0.2, 0.25) is 0 Å². The number of aliphatic carboxylic acids is 1. The summed E-state index contributed by atoms with van der Waals surface area (Å²) in [6, 6.07) is 0.445. The maximum absolute atomic E-state index is 10.9. The van der Waals surface area contributed by atoms with Crippen molar-refractivity contribution in [3.05, 3.63) is 0 Å².